The van der Waals surface area contributed by atoms with E-state index < -0.39 is 0 Å². The normalized spacial score (nSPS) is 22.3. The summed E-state index contributed by atoms with van der Waals surface area (Å²) in [5.41, 5.74) is 2.36. The molecule has 8 nitrogen and oxygen atoms in total. The second kappa shape index (κ2) is 7.26. The van der Waals surface area contributed by atoms with Crippen molar-refractivity contribution in [1.29, 1.82) is 0 Å². The second-order valence-corrected chi connectivity index (χ2v) is 9.50. The van der Waals surface area contributed by atoms with Gasteiger partial charge in [0.15, 0.2) is 5.75 Å². The number of aromatic amines is 1. The zero-order valence-corrected chi connectivity index (χ0v) is 18.9. The van der Waals surface area contributed by atoms with Gasteiger partial charge in [-0.05, 0) is 43.2 Å². The summed E-state index contributed by atoms with van der Waals surface area (Å²) in [4.78, 5) is 23.5. The highest BCUT2D eigenvalue weighted by Gasteiger charge is 2.46. The third-order valence-corrected chi connectivity index (χ3v) is 7.30. The largest absolute Gasteiger partial charge is 0.421 e. The van der Waals surface area contributed by atoms with Crippen LogP contribution >= 0.6 is 0 Å². The molecule has 1 saturated carbocycles. The number of H-pyrrole nitrogens is 1. The van der Waals surface area contributed by atoms with Gasteiger partial charge in [-0.15, -0.1) is 0 Å². The molecule has 0 radical (unpaired) electrons. The predicted molar refractivity (Wildman–Crippen MR) is 125 cm³/mol. The van der Waals surface area contributed by atoms with Crippen molar-refractivity contribution in [2.24, 2.45) is 11.3 Å². The molecule has 2 aliphatic rings. The Labute approximate surface area is 190 Å². The molecule has 9 heteroatoms. The molecule has 4 heterocycles. The van der Waals surface area contributed by atoms with E-state index in [1.807, 2.05) is 6.92 Å². The summed E-state index contributed by atoms with van der Waals surface area (Å²) in [6.45, 7) is 6.03. The first-order valence-electron chi connectivity index (χ1n) is 11.4. The maximum Gasteiger partial charge on any atom is 0.326 e. The summed E-state index contributed by atoms with van der Waals surface area (Å²) >= 11 is 0. The summed E-state index contributed by atoms with van der Waals surface area (Å²) in [7, 11) is 1.78. The summed E-state index contributed by atoms with van der Waals surface area (Å²) in [5.74, 6) is 2.23. The number of hydrogen-bond acceptors (Lipinski definition) is 7. The van der Waals surface area contributed by atoms with E-state index in [-0.39, 0.29) is 17.2 Å². The summed E-state index contributed by atoms with van der Waals surface area (Å²) in [6, 6.07) is 3.24. The average Bonchev–Trinajstić information content (AvgIpc) is 3.43. The minimum atomic E-state index is -0.305. The van der Waals surface area contributed by atoms with E-state index in [4.69, 9.17) is 9.72 Å². The maximum absolute atomic E-state index is 14.5. The van der Waals surface area contributed by atoms with E-state index in [0.717, 1.165) is 35.2 Å². The Morgan fingerprint density at radius 2 is 2.06 bits per heavy atom. The third kappa shape index (κ3) is 3.25. The van der Waals surface area contributed by atoms with Crippen molar-refractivity contribution in [1.82, 2.24) is 24.9 Å². The lowest BCUT2D eigenvalue weighted by molar-refractivity contribution is 0.307. The van der Waals surface area contributed by atoms with Gasteiger partial charge in [0, 0.05) is 25.5 Å². The summed E-state index contributed by atoms with van der Waals surface area (Å²) < 4.78 is 20.5. The molecule has 1 aromatic carbocycles. The Balaban J connectivity index is 1.53. The SMILES string of the molecule is CNc1cc(F)cc2c1[nH]c1nc(Oc3cnc(C)nc3)nc(N3C[C@@H]4CCC[C@]4(C)C3)c12. The highest BCUT2D eigenvalue weighted by molar-refractivity contribution is 6.14. The molecule has 33 heavy (non-hydrogen) atoms. The molecule has 0 unspecified atom stereocenters. The predicted octanol–water partition coefficient (Wildman–Crippen LogP) is 4.81. The molecule has 2 N–H and O–H groups in total. The fourth-order valence-corrected chi connectivity index (χ4v) is 5.59. The van der Waals surface area contributed by atoms with Crippen molar-refractivity contribution in [2.75, 3.05) is 30.4 Å². The van der Waals surface area contributed by atoms with Gasteiger partial charge in [-0.2, -0.15) is 9.97 Å². The Morgan fingerprint density at radius 1 is 1.24 bits per heavy atom. The van der Waals surface area contributed by atoms with Crippen LogP contribution in [0, 0.1) is 24.1 Å². The third-order valence-electron chi connectivity index (χ3n) is 7.30. The van der Waals surface area contributed by atoms with Gasteiger partial charge < -0.3 is 19.9 Å². The number of benzene rings is 1. The first-order chi connectivity index (χ1) is 15.9. The minimum Gasteiger partial charge on any atom is -0.421 e. The fourth-order valence-electron chi connectivity index (χ4n) is 5.59. The average molecular weight is 448 g/mol. The molecule has 1 aliphatic heterocycles. The first kappa shape index (κ1) is 20.1. The van der Waals surface area contributed by atoms with Gasteiger partial charge in [0.1, 0.15) is 23.1 Å². The van der Waals surface area contributed by atoms with E-state index in [0.29, 0.717) is 28.8 Å². The number of rotatable bonds is 4. The Kier molecular flexibility index (Phi) is 4.43. The lowest BCUT2D eigenvalue weighted by Crippen LogP contribution is -2.25. The zero-order chi connectivity index (χ0) is 22.7. The number of aromatic nitrogens is 5. The van der Waals surface area contributed by atoms with Crippen molar-refractivity contribution in [3.63, 3.8) is 0 Å². The van der Waals surface area contributed by atoms with Gasteiger partial charge in [-0.3, -0.25) is 0 Å². The molecule has 2 atom stereocenters. The number of aryl methyl sites for hydroxylation is 1. The van der Waals surface area contributed by atoms with E-state index in [2.05, 4.69) is 37.1 Å². The monoisotopic (exact) mass is 447 g/mol. The van der Waals surface area contributed by atoms with Crippen LogP contribution in [0.3, 0.4) is 0 Å². The lowest BCUT2D eigenvalue weighted by atomic mass is 9.83. The standard InChI is InChI=1S/C24H26FN7O/c1-13-27-9-16(10-28-13)33-23-30-21-19(17-7-15(25)8-18(26-3)20(17)29-21)22(31-23)32-11-14-5-4-6-24(14,2)12-32/h7-10,14,26H,4-6,11-12H2,1-3H3,(H,29,30,31)/t14-,24+/m0/s1. The van der Waals surface area contributed by atoms with E-state index >= 15 is 0 Å². The van der Waals surface area contributed by atoms with E-state index in [9.17, 15) is 4.39 Å². The molecule has 0 amide bonds. The van der Waals surface area contributed by atoms with Crippen LogP contribution in [0.1, 0.15) is 32.0 Å². The van der Waals surface area contributed by atoms with Gasteiger partial charge >= 0.3 is 6.01 Å². The molecule has 0 spiro atoms. The van der Waals surface area contributed by atoms with Crippen molar-refractivity contribution in [2.45, 2.75) is 33.1 Å². The Hall–Kier alpha value is -3.49. The van der Waals surface area contributed by atoms with Crippen LogP contribution in [0.2, 0.25) is 0 Å². The van der Waals surface area contributed by atoms with Gasteiger partial charge in [0.05, 0.1) is 29.0 Å². The van der Waals surface area contributed by atoms with Crippen LogP contribution in [0.4, 0.5) is 15.9 Å². The zero-order valence-electron chi connectivity index (χ0n) is 18.9. The number of halogens is 1. The van der Waals surface area contributed by atoms with Crippen LogP contribution in [0.15, 0.2) is 24.5 Å². The number of hydrogen-bond donors (Lipinski definition) is 2. The molecule has 4 aromatic rings. The van der Waals surface area contributed by atoms with E-state index in [1.54, 1.807) is 25.5 Å². The van der Waals surface area contributed by atoms with Crippen LogP contribution in [-0.4, -0.2) is 45.1 Å². The Bertz CT molecular complexity index is 1370. The van der Waals surface area contributed by atoms with Crippen molar-refractivity contribution < 1.29 is 9.13 Å². The highest BCUT2D eigenvalue weighted by Crippen LogP contribution is 2.50. The van der Waals surface area contributed by atoms with Crippen molar-refractivity contribution in [3.8, 4) is 11.8 Å². The quantitative estimate of drug-likeness (QED) is 0.464. The van der Waals surface area contributed by atoms with Gasteiger partial charge in [-0.25, -0.2) is 14.4 Å². The summed E-state index contributed by atoms with van der Waals surface area (Å²) in [5, 5.41) is 4.66. The number of fused-ring (bicyclic) bond motifs is 4. The maximum atomic E-state index is 14.5. The van der Waals surface area contributed by atoms with Gasteiger partial charge in [0.25, 0.3) is 0 Å². The molecule has 170 valence electrons. The minimum absolute atomic E-state index is 0.213. The molecule has 6 rings (SSSR count). The molecule has 3 aromatic heterocycles. The van der Waals surface area contributed by atoms with E-state index in [1.165, 1.54) is 25.3 Å². The van der Waals surface area contributed by atoms with Gasteiger partial charge in [-0.1, -0.05) is 13.3 Å². The molecular formula is C24H26FN7O. The van der Waals surface area contributed by atoms with Crippen LogP contribution in [-0.2, 0) is 0 Å². The number of nitrogens with zero attached hydrogens (tertiary/aromatic N) is 5. The first-order valence-corrected chi connectivity index (χ1v) is 11.4. The van der Waals surface area contributed by atoms with Crippen molar-refractivity contribution >= 4 is 33.4 Å². The molecule has 1 saturated heterocycles. The van der Waals surface area contributed by atoms with Crippen LogP contribution in [0.25, 0.3) is 21.9 Å². The fraction of sp³-hybridized carbons (Fsp3) is 0.417. The molecule has 1 aliphatic carbocycles. The number of anilines is 2. The van der Waals surface area contributed by atoms with Crippen LogP contribution < -0.4 is 15.0 Å². The number of nitrogens with one attached hydrogen (secondary N) is 2. The van der Waals surface area contributed by atoms with Gasteiger partial charge in [0.2, 0.25) is 0 Å². The topological polar surface area (TPSA) is 91.8 Å². The highest BCUT2D eigenvalue weighted by atomic mass is 19.1. The Morgan fingerprint density at radius 3 is 2.82 bits per heavy atom. The summed E-state index contributed by atoms with van der Waals surface area (Å²) in [6.07, 6.45) is 6.95. The molecular weight excluding hydrogens is 421 g/mol. The van der Waals surface area contributed by atoms with Crippen molar-refractivity contribution in [3.05, 3.63) is 36.2 Å². The number of ether oxygens (including phenoxy) is 1. The lowest BCUT2D eigenvalue weighted by Gasteiger charge is -2.24. The smallest absolute Gasteiger partial charge is 0.326 e. The van der Waals surface area contributed by atoms with Crippen LogP contribution in [0.5, 0.6) is 11.8 Å². The molecule has 0 bridgehead atoms. The molecule has 2 fully saturated rings. The second-order valence-electron chi connectivity index (χ2n) is 9.50.